The van der Waals surface area contributed by atoms with Crippen LogP contribution in [0.15, 0.2) is 0 Å². The number of rotatable bonds is 3. The van der Waals surface area contributed by atoms with E-state index in [2.05, 4.69) is 10.3 Å². The second-order valence-electron chi connectivity index (χ2n) is 4.41. The summed E-state index contributed by atoms with van der Waals surface area (Å²) in [6, 6.07) is 0. The molecule has 1 aromatic heterocycles. The minimum Gasteiger partial charge on any atom is -0.465 e. The van der Waals surface area contributed by atoms with Crippen LogP contribution >= 0.6 is 11.3 Å². The van der Waals surface area contributed by atoms with Crippen LogP contribution in [-0.4, -0.2) is 31.2 Å². The van der Waals surface area contributed by atoms with Crippen LogP contribution in [-0.2, 0) is 11.2 Å². The number of thiazole rings is 1. The molecule has 0 aromatic carbocycles. The largest absolute Gasteiger partial charge is 0.465 e. The van der Waals surface area contributed by atoms with Gasteiger partial charge >= 0.3 is 5.97 Å². The summed E-state index contributed by atoms with van der Waals surface area (Å²) in [5.74, 6) is 0.434. The number of piperidine rings is 1. The first-order valence-corrected chi connectivity index (χ1v) is 6.77. The number of aryl methyl sites for hydroxylation is 1. The molecule has 0 saturated carbocycles. The van der Waals surface area contributed by atoms with Crippen molar-refractivity contribution in [2.45, 2.75) is 26.2 Å². The Morgan fingerprint density at radius 1 is 1.53 bits per heavy atom. The molecule has 0 bridgehead atoms. The molecule has 1 saturated heterocycles. The van der Waals surface area contributed by atoms with Crippen molar-refractivity contribution in [3.8, 4) is 0 Å². The first-order chi connectivity index (χ1) is 8.20. The van der Waals surface area contributed by atoms with Crippen molar-refractivity contribution in [1.29, 1.82) is 0 Å². The molecule has 1 aliphatic rings. The zero-order chi connectivity index (χ0) is 12.3. The molecule has 1 aromatic rings. The molecule has 0 aliphatic carbocycles. The van der Waals surface area contributed by atoms with Crippen molar-refractivity contribution in [3.63, 3.8) is 0 Å². The van der Waals surface area contributed by atoms with Gasteiger partial charge in [-0.1, -0.05) is 0 Å². The van der Waals surface area contributed by atoms with Crippen LogP contribution < -0.4 is 5.32 Å². The molecule has 1 N–H and O–H groups in total. The fourth-order valence-corrected chi connectivity index (χ4v) is 3.25. The summed E-state index contributed by atoms with van der Waals surface area (Å²) in [5, 5.41) is 4.42. The van der Waals surface area contributed by atoms with E-state index in [1.165, 1.54) is 31.3 Å². The highest BCUT2D eigenvalue weighted by Crippen LogP contribution is 2.24. The first-order valence-electron chi connectivity index (χ1n) is 5.96. The fraction of sp³-hybridized carbons (Fsp3) is 0.667. The van der Waals surface area contributed by atoms with E-state index in [1.807, 2.05) is 6.92 Å². The Kier molecular flexibility index (Phi) is 4.12. The van der Waals surface area contributed by atoms with Gasteiger partial charge in [0.05, 0.1) is 17.8 Å². The topological polar surface area (TPSA) is 51.2 Å². The van der Waals surface area contributed by atoms with E-state index in [4.69, 9.17) is 4.74 Å². The molecule has 1 fully saturated rings. The van der Waals surface area contributed by atoms with Gasteiger partial charge in [0.15, 0.2) is 0 Å². The van der Waals surface area contributed by atoms with Gasteiger partial charge in [0.1, 0.15) is 4.88 Å². The van der Waals surface area contributed by atoms with Crippen molar-refractivity contribution >= 4 is 17.3 Å². The summed E-state index contributed by atoms with van der Waals surface area (Å²) in [4.78, 5) is 16.6. The van der Waals surface area contributed by atoms with Crippen molar-refractivity contribution in [1.82, 2.24) is 10.3 Å². The van der Waals surface area contributed by atoms with E-state index >= 15 is 0 Å². The van der Waals surface area contributed by atoms with Gasteiger partial charge in [0, 0.05) is 6.42 Å². The third-order valence-electron chi connectivity index (χ3n) is 3.13. The number of carbonyl (C=O) groups excluding carboxylic acids is 1. The lowest BCUT2D eigenvalue weighted by atomic mass is 9.95. The van der Waals surface area contributed by atoms with E-state index in [9.17, 15) is 4.79 Å². The highest BCUT2D eigenvalue weighted by molar-refractivity contribution is 7.13. The average Bonchev–Trinajstić information content (AvgIpc) is 2.70. The zero-order valence-corrected chi connectivity index (χ0v) is 11.1. The highest BCUT2D eigenvalue weighted by Gasteiger charge is 2.19. The van der Waals surface area contributed by atoms with Crippen molar-refractivity contribution in [2.24, 2.45) is 5.92 Å². The summed E-state index contributed by atoms with van der Waals surface area (Å²) in [6.45, 7) is 4.06. The highest BCUT2D eigenvalue weighted by atomic mass is 32.1. The predicted molar refractivity (Wildman–Crippen MR) is 67.5 cm³/mol. The van der Waals surface area contributed by atoms with Crippen molar-refractivity contribution in [3.05, 3.63) is 15.6 Å². The number of ether oxygens (including phenoxy) is 1. The average molecular weight is 254 g/mol. The molecule has 94 valence electrons. The molecule has 17 heavy (non-hydrogen) atoms. The van der Waals surface area contributed by atoms with E-state index in [0.717, 1.165) is 30.2 Å². The molecular formula is C12H18N2O2S. The Labute approximate surface area is 105 Å². The molecule has 2 heterocycles. The predicted octanol–water partition coefficient (Wildman–Crippen LogP) is 1.78. The van der Waals surface area contributed by atoms with E-state index in [1.54, 1.807) is 0 Å². The molecule has 2 rings (SSSR count). The maximum Gasteiger partial charge on any atom is 0.349 e. The maximum absolute atomic E-state index is 11.5. The molecule has 4 nitrogen and oxygen atoms in total. The maximum atomic E-state index is 11.5. The Morgan fingerprint density at radius 3 is 2.88 bits per heavy atom. The van der Waals surface area contributed by atoms with Gasteiger partial charge in [-0.05, 0) is 38.8 Å². The fourth-order valence-electron chi connectivity index (χ4n) is 2.15. The van der Waals surface area contributed by atoms with Crippen LogP contribution in [0, 0.1) is 12.8 Å². The van der Waals surface area contributed by atoms with Crippen molar-refractivity contribution < 1.29 is 9.53 Å². The Balaban J connectivity index is 2.03. The normalized spacial score (nSPS) is 17.1. The van der Waals surface area contributed by atoms with Gasteiger partial charge in [-0.2, -0.15) is 0 Å². The Bertz CT molecular complexity index is 397. The van der Waals surface area contributed by atoms with Gasteiger partial charge in [0.2, 0.25) is 0 Å². The lowest BCUT2D eigenvalue weighted by Crippen LogP contribution is -2.28. The first kappa shape index (κ1) is 12.5. The number of esters is 1. The lowest BCUT2D eigenvalue weighted by molar-refractivity contribution is 0.0605. The SMILES string of the molecule is COC(=O)c1sc(CC2CCNCC2)nc1C. The second kappa shape index (κ2) is 5.60. The third kappa shape index (κ3) is 3.04. The number of hydrogen-bond donors (Lipinski definition) is 1. The van der Waals surface area contributed by atoms with Gasteiger partial charge in [-0.25, -0.2) is 9.78 Å². The molecule has 0 amide bonds. The van der Waals surface area contributed by atoms with Crippen LogP contribution in [0.25, 0.3) is 0 Å². The van der Waals surface area contributed by atoms with E-state index in [0.29, 0.717) is 10.8 Å². The number of methoxy groups -OCH3 is 1. The van der Waals surface area contributed by atoms with Crippen LogP contribution in [0.1, 0.15) is 33.2 Å². The summed E-state index contributed by atoms with van der Waals surface area (Å²) < 4.78 is 4.74. The third-order valence-corrected chi connectivity index (χ3v) is 4.29. The molecule has 5 heteroatoms. The quantitative estimate of drug-likeness (QED) is 0.835. The zero-order valence-electron chi connectivity index (χ0n) is 10.3. The Hall–Kier alpha value is -0.940. The van der Waals surface area contributed by atoms with Crippen molar-refractivity contribution in [2.75, 3.05) is 20.2 Å². The molecule has 0 unspecified atom stereocenters. The Morgan fingerprint density at radius 2 is 2.24 bits per heavy atom. The summed E-state index contributed by atoms with van der Waals surface area (Å²) >= 11 is 1.48. The van der Waals surface area contributed by atoms with E-state index < -0.39 is 0 Å². The van der Waals surface area contributed by atoms with Crippen LogP contribution in [0.3, 0.4) is 0 Å². The number of hydrogen-bond acceptors (Lipinski definition) is 5. The lowest BCUT2D eigenvalue weighted by Gasteiger charge is -2.21. The second-order valence-corrected chi connectivity index (χ2v) is 5.49. The van der Waals surface area contributed by atoms with Crippen LogP contribution in [0.4, 0.5) is 0 Å². The smallest absolute Gasteiger partial charge is 0.349 e. The number of nitrogens with one attached hydrogen (secondary N) is 1. The number of carbonyl (C=O) groups is 1. The number of aromatic nitrogens is 1. The summed E-state index contributed by atoms with van der Waals surface area (Å²) in [6.07, 6.45) is 3.39. The molecule has 1 aliphatic heterocycles. The van der Waals surface area contributed by atoms with Crippen LogP contribution in [0.5, 0.6) is 0 Å². The summed E-state index contributed by atoms with van der Waals surface area (Å²) in [7, 11) is 1.41. The minimum atomic E-state index is -0.267. The van der Waals surface area contributed by atoms with Gasteiger partial charge in [-0.15, -0.1) is 11.3 Å². The number of nitrogens with zero attached hydrogens (tertiary/aromatic N) is 1. The van der Waals surface area contributed by atoms with Crippen LogP contribution in [0.2, 0.25) is 0 Å². The standard InChI is InChI=1S/C12H18N2O2S/c1-8-11(12(15)16-2)17-10(14-8)7-9-3-5-13-6-4-9/h9,13H,3-7H2,1-2H3. The molecule has 0 spiro atoms. The monoisotopic (exact) mass is 254 g/mol. The van der Waals surface area contributed by atoms with Gasteiger partial charge in [-0.3, -0.25) is 0 Å². The van der Waals surface area contributed by atoms with Gasteiger partial charge in [0.25, 0.3) is 0 Å². The summed E-state index contributed by atoms with van der Waals surface area (Å²) in [5.41, 5.74) is 0.797. The molecule has 0 radical (unpaired) electrons. The molecular weight excluding hydrogens is 236 g/mol. The van der Waals surface area contributed by atoms with Gasteiger partial charge < -0.3 is 10.1 Å². The minimum absolute atomic E-state index is 0.267. The molecule has 0 atom stereocenters. The van der Waals surface area contributed by atoms with E-state index in [-0.39, 0.29) is 5.97 Å².